The summed E-state index contributed by atoms with van der Waals surface area (Å²) in [5, 5.41) is 8.77. The predicted octanol–water partition coefficient (Wildman–Crippen LogP) is -0.0906. The monoisotopic (exact) mass is 221 g/mol. The van der Waals surface area contributed by atoms with E-state index in [1.54, 1.807) is 13.8 Å². The van der Waals surface area contributed by atoms with Gasteiger partial charge in [0.05, 0.1) is 10.5 Å². The maximum absolute atomic E-state index is 11.7. The van der Waals surface area contributed by atoms with Crippen molar-refractivity contribution < 1.29 is 13.5 Å². The number of hydrogen-bond acceptors (Lipinski definition) is 4. The summed E-state index contributed by atoms with van der Waals surface area (Å²) in [5.74, 6) is 0.198. The largest absolute Gasteiger partial charge is 0.396 e. The van der Waals surface area contributed by atoms with E-state index in [1.807, 2.05) is 0 Å². The second kappa shape index (κ2) is 3.79. The van der Waals surface area contributed by atoms with Crippen molar-refractivity contribution in [3.8, 4) is 0 Å². The molecule has 14 heavy (non-hydrogen) atoms. The third-order valence-electron chi connectivity index (χ3n) is 3.37. The molecule has 1 fully saturated rings. The molecule has 1 heterocycles. The SMILES string of the molecule is CC1(C)C(C(N)CCO)CCS1(=O)=O. The van der Waals surface area contributed by atoms with Crippen LogP contribution in [0.2, 0.25) is 0 Å². The summed E-state index contributed by atoms with van der Waals surface area (Å²) >= 11 is 0. The molecule has 0 spiro atoms. The molecule has 1 aliphatic heterocycles. The molecule has 1 aliphatic rings. The Morgan fingerprint density at radius 1 is 1.57 bits per heavy atom. The minimum absolute atomic E-state index is 0.0216. The first-order valence-corrected chi connectivity index (χ1v) is 6.57. The zero-order valence-corrected chi connectivity index (χ0v) is 9.55. The number of sulfone groups is 1. The van der Waals surface area contributed by atoms with E-state index in [0.717, 1.165) is 0 Å². The minimum atomic E-state index is -3.00. The van der Waals surface area contributed by atoms with E-state index >= 15 is 0 Å². The van der Waals surface area contributed by atoms with Gasteiger partial charge in [-0.2, -0.15) is 0 Å². The Kier molecular flexibility index (Phi) is 3.23. The first kappa shape index (κ1) is 11.9. The third-order valence-corrected chi connectivity index (χ3v) is 6.05. The lowest BCUT2D eigenvalue weighted by atomic mass is 9.85. The summed E-state index contributed by atoms with van der Waals surface area (Å²) in [6.07, 6.45) is 1.10. The maximum atomic E-state index is 11.7. The minimum Gasteiger partial charge on any atom is -0.396 e. The second-order valence-corrected chi connectivity index (χ2v) is 7.18. The van der Waals surface area contributed by atoms with Crippen molar-refractivity contribution in [1.29, 1.82) is 0 Å². The van der Waals surface area contributed by atoms with Gasteiger partial charge in [-0.15, -0.1) is 0 Å². The Balaban J connectivity index is 2.85. The van der Waals surface area contributed by atoms with Gasteiger partial charge < -0.3 is 10.8 Å². The van der Waals surface area contributed by atoms with Crippen LogP contribution in [0.5, 0.6) is 0 Å². The zero-order chi connectivity index (χ0) is 11.0. The first-order valence-electron chi connectivity index (χ1n) is 4.91. The smallest absolute Gasteiger partial charge is 0.155 e. The fourth-order valence-corrected chi connectivity index (χ4v) is 4.05. The van der Waals surface area contributed by atoms with Crippen molar-refractivity contribution in [3.05, 3.63) is 0 Å². The first-order chi connectivity index (χ1) is 6.33. The lowest BCUT2D eigenvalue weighted by molar-refractivity contribution is 0.241. The van der Waals surface area contributed by atoms with E-state index in [9.17, 15) is 8.42 Å². The standard InChI is InChI=1S/C9H19NO3S/c1-9(2)7(8(10)3-5-11)4-6-14(9,12)13/h7-8,11H,3-6,10H2,1-2H3. The predicted molar refractivity (Wildman–Crippen MR) is 55.7 cm³/mol. The van der Waals surface area contributed by atoms with Crippen LogP contribution in [0.3, 0.4) is 0 Å². The molecule has 0 aromatic heterocycles. The molecule has 1 saturated heterocycles. The van der Waals surface area contributed by atoms with Gasteiger partial charge in [0.2, 0.25) is 0 Å². The molecule has 0 aromatic carbocycles. The summed E-state index contributed by atoms with van der Waals surface area (Å²) in [4.78, 5) is 0. The van der Waals surface area contributed by atoms with Crippen molar-refractivity contribution in [2.24, 2.45) is 11.7 Å². The van der Waals surface area contributed by atoms with Crippen LogP contribution in [0.1, 0.15) is 26.7 Å². The number of aliphatic hydroxyl groups is 1. The summed E-state index contributed by atoms with van der Waals surface area (Å²) in [5.41, 5.74) is 5.86. The molecule has 2 unspecified atom stereocenters. The number of aliphatic hydroxyl groups excluding tert-OH is 1. The van der Waals surface area contributed by atoms with Gasteiger partial charge in [0, 0.05) is 12.6 Å². The van der Waals surface area contributed by atoms with E-state index in [-0.39, 0.29) is 24.3 Å². The average molecular weight is 221 g/mol. The molecular formula is C9H19NO3S. The highest BCUT2D eigenvalue weighted by Crippen LogP contribution is 2.39. The number of nitrogens with two attached hydrogens (primary N) is 1. The Hall–Kier alpha value is -0.130. The van der Waals surface area contributed by atoms with Crippen LogP contribution in [0.15, 0.2) is 0 Å². The van der Waals surface area contributed by atoms with Gasteiger partial charge in [0.15, 0.2) is 9.84 Å². The van der Waals surface area contributed by atoms with Gasteiger partial charge in [0.1, 0.15) is 0 Å². The lowest BCUT2D eigenvalue weighted by Gasteiger charge is -2.30. The van der Waals surface area contributed by atoms with E-state index in [0.29, 0.717) is 12.8 Å². The van der Waals surface area contributed by atoms with Gasteiger partial charge in [-0.25, -0.2) is 8.42 Å². The van der Waals surface area contributed by atoms with Crippen LogP contribution in [-0.2, 0) is 9.84 Å². The Bertz CT molecular complexity index is 297. The summed E-state index contributed by atoms with van der Waals surface area (Å²) in [6.45, 7) is 3.49. The topological polar surface area (TPSA) is 80.4 Å². The highest BCUT2D eigenvalue weighted by Gasteiger charge is 2.49. The quantitative estimate of drug-likeness (QED) is 0.698. The van der Waals surface area contributed by atoms with Gasteiger partial charge >= 0.3 is 0 Å². The zero-order valence-electron chi connectivity index (χ0n) is 8.73. The molecule has 3 N–H and O–H groups in total. The Morgan fingerprint density at radius 3 is 2.50 bits per heavy atom. The van der Waals surface area contributed by atoms with Gasteiger partial charge in [0.25, 0.3) is 0 Å². The molecule has 0 radical (unpaired) electrons. The van der Waals surface area contributed by atoms with Gasteiger partial charge in [-0.05, 0) is 32.6 Å². The lowest BCUT2D eigenvalue weighted by Crippen LogP contribution is -2.44. The van der Waals surface area contributed by atoms with Crippen molar-refractivity contribution >= 4 is 9.84 Å². The van der Waals surface area contributed by atoms with Gasteiger partial charge in [-0.1, -0.05) is 0 Å². The van der Waals surface area contributed by atoms with Crippen LogP contribution < -0.4 is 5.73 Å². The molecule has 1 rings (SSSR count). The normalized spacial score (nSPS) is 31.6. The highest BCUT2D eigenvalue weighted by atomic mass is 32.2. The Morgan fingerprint density at radius 2 is 2.14 bits per heavy atom. The van der Waals surface area contributed by atoms with Gasteiger partial charge in [-0.3, -0.25) is 0 Å². The maximum Gasteiger partial charge on any atom is 0.155 e. The molecule has 4 nitrogen and oxygen atoms in total. The van der Waals surface area contributed by atoms with E-state index < -0.39 is 14.6 Å². The molecule has 0 saturated carbocycles. The molecule has 0 aromatic rings. The van der Waals surface area contributed by atoms with E-state index in [4.69, 9.17) is 10.8 Å². The van der Waals surface area contributed by atoms with Crippen LogP contribution in [0.4, 0.5) is 0 Å². The molecule has 0 aliphatic carbocycles. The van der Waals surface area contributed by atoms with Crippen molar-refractivity contribution in [2.75, 3.05) is 12.4 Å². The number of rotatable bonds is 3. The summed E-state index contributed by atoms with van der Waals surface area (Å²) in [7, 11) is -3.00. The van der Waals surface area contributed by atoms with E-state index in [2.05, 4.69) is 0 Å². The van der Waals surface area contributed by atoms with Crippen LogP contribution in [-0.4, -0.2) is 36.7 Å². The molecule has 5 heteroatoms. The molecule has 0 amide bonds. The fourth-order valence-electron chi connectivity index (χ4n) is 2.20. The molecule has 84 valence electrons. The second-order valence-electron chi connectivity index (χ2n) is 4.49. The van der Waals surface area contributed by atoms with Crippen molar-refractivity contribution in [1.82, 2.24) is 0 Å². The fraction of sp³-hybridized carbons (Fsp3) is 1.00. The molecule has 0 bridgehead atoms. The average Bonchev–Trinajstić information content (AvgIpc) is 2.23. The molecule has 2 atom stereocenters. The highest BCUT2D eigenvalue weighted by molar-refractivity contribution is 7.93. The van der Waals surface area contributed by atoms with Crippen molar-refractivity contribution in [3.63, 3.8) is 0 Å². The van der Waals surface area contributed by atoms with Crippen LogP contribution in [0.25, 0.3) is 0 Å². The summed E-state index contributed by atoms with van der Waals surface area (Å²) in [6, 6.07) is -0.215. The van der Waals surface area contributed by atoms with E-state index in [1.165, 1.54) is 0 Å². The van der Waals surface area contributed by atoms with Crippen molar-refractivity contribution in [2.45, 2.75) is 37.5 Å². The van der Waals surface area contributed by atoms with Crippen LogP contribution in [0, 0.1) is 5.92 Å². The third kappa shape index (κ3) is 1.81. The van der Waals surface area contributed by atoms with Crippen LogP contribution >= 0.6 is 0 Å². The number of hydrogen-bond donors (Lipinski definition) is 2. The Labute approximate surface area is 85.4 Å². The summed E-state index contributed by atoms with van der Waals surface area (Å²) < 4.78 is 22.6. The molecular weight excluding hydrogens is 202 g/mol.